The van der Waals surface area contributed by atoms with E-state index in [0.717, 1.165) is 44.0 Å². The van der Waals surface area contributed by atoms with E-state index in [0.29, 0.717) is 17.5 Å². The molecule has 2 aromatic heterocycles. The smallest absolute Gasteiger partial charge is 0.164 e. The minimum atomic E-state index is 0.209. The summed E-state index contributed by atoms with van der Waals surface area (Å²) in [4.78, 5) is 15.0. The first-order chi connectivity index (χ1) is 20.1. The zero-order chi connectivity index (χ0) is 27.5. The van der Waals surface area contributed by atoms with Crippen LogP contribution in [0.1, 0.15) is 11.1 Å². The van der Waals surface area contributed by atoms with E-state index >= 15 is 0 Å². The van der Waals surface area contributed by atoms with Crippen LogP contribution in [-0.2, 0) is 0 Å². The fourth-order valence-electron chi connectivity index (χ4n) is 5.59. The second-order valence-corrected chi connectivity index (χ2v) is 11.1. The Balaban J connectivity index is 1.39. The number of rotatable bonds is 3. The van der Waals surface area contributed by atoms with E-state index < -0.39 is 0 Å². The number of hydrogen-bond donors (Lipinski definition) is 2. The van der Waals surface area contributed by atoms with Gasteiger partial charge in [0, 0.05) is 42.4 Å². The van der Waals surface area contributed by atoms with E-state index in [1.807, 2.05) is 60.7 Å². The summed E-state index contributed by atoms with van der Waals surface area (Å²) in [7, 11) is 0. The predicted octanol–water partition coefficient (Wildman–Crippen LogP) is 8.81. The molecule has 1 aliphatic rings. The van der Waals surface area contributed by atoms with Gasteiger partial charge in [0.2, 0.25) is 0 Å². The van der Waals surface area contributed by atoms with Crippen molar-refractivity contribution in [1.82, 2.24) is 15.0 Å². The summed E-state index contributed by atoms with van der Waals surface area (Å²) in [5.41, 5.74) is 4.86. The number of hydrogen-bond acceptors (Lipinski definition) is 6. The van der Waals surface area contributed by atoms with Gasteiger partial charge in [-0.05, 0) is 40.6 Å². The molecule has 192 valence electrons. The molecule has 6 heteroatoms. The van der Waals surface area contributed by atoms with Crippen LogP contribution in [0.5, 0.6) is 0 Å². The molecule has 0 radical (unpaired) electrons. The van der Waals surface area contributed by atoms with Crippen molar-refractivity contribution >= 4 is 59.8 Å². The summed E-state index contributed by atoms with van der Waals surface area (Å²) in [6, 6.07) is 34.9. The molecular formula is C35H21N5S. The second-order valence-electron chi connectivity index (χ2n) is 10.0. The Kier molecular flexibility index (Phi) is 5.23. The van der Waals surface area contributed by atoms with Gasteiger partial charge in [-0.15, -0.1) is 11.3 Å². The quantitative estimate of drug-likeness (QED) is 0.233. The number of allylic oxidation sites excluding steroid dienone is 1. The van der Waals surface area contributed by atoms with Crippen molar-refractivity contribution in [2.45, 2.75) is 0 Å². The first-order valence-corrected chi connectivity index (χ1v) is 14.1. The largest absolute Gasteiger partial charge is 0.299 e. The van der Waals surface area contributed by atoms with Crippen LogP contribution in [0.25, 0.3) is 71.2 Å². The van der Waals surface area contributed by atoms with Crippen molar-refractivity contribution in [1.29, 1.82) is 10.8 Å². The van der Waals surface area contributed by atoms with Crippen molar-refractivity contribution in [3.63, 3.8) is 0 Å². The van der Waals surface area contributed by atoms with E-state index in [4.69, 9.17) is 25.8 Å². The molecule has 1 aliphatic carbocycles. The highest BCUT2D eigenvalue weighted by atomic mass is 32.1. The molecule has 0 fully saturated rings. The zero-order valence-corrected chi connectivity index (χ0v) is 22.5. The summed E-state index contributed by atoms with van der Waals surface area (Å²) in [6.07, 6.45) is 3.59. The van der Waals surface area contributed by atoms with Crippen LogP contribution in [0.4, 0.5) is 0 Å². The first kappa shape index (κ1) is 23.5. The van der Waals surface area contributed by atoms with Gasteiger partial charge in [-0.2, -0.15) is 0 Å². The first-order valence-electron chi connectivity index (χ1n) is 13.3. The van der Waals surface area contributed by atoms with Gasteiger partial charge in [-0.25, -0.2) is 15.0 Å². The molecule has 0 saturated heterocycles. The van der Waals surface area contributed by atoms with E-state index in [-0.39, 0.29) is 11.4 Å². The van der Waals surface area contributed by atoms with Crippen molar-refractivity contribution in [2.75, 3.05) is 0 Å². The maximum absolute atomic E-state index is 8.64. The summed E-state index contributed by atoms with van der Waals surface area (Å²) >= 11 is 1.77. The Morgan fingerprint density at radius 3 is 2.17 bits per heavy atom. The highest BCUT2D eigenvalue weighted by Gasteiger charge is 2.20. The molecular weight excluding hydrogens is 522 g/mol. The fourth-order valence-corrected chi connectivity index (χ4v) is 6.72. The highest BCUT2D eigenvalue weighted by molar-refractivity contribution is 7.25. The van der Waals surface area contributed by atoms with E-state index in [1.54, 1.807) is 17.4 Å². The minimum Gasteiger partial charge on any atom is -0.299 e. The van der Waals surface area contributed by atoms with Gasteiger partial charge in [-0.3, -0.25) is 10.8 Å². The van der Waals surface area contributed by atoms with Crippen LogP contribution >= 0.6 is 11.3 Å². The van der Waals surface area contributed by atoms with Crippen LogP contribution in [0.15, 0.2) is 109 Å². The minimum absolute atomic E-state index is 0.209. The van der Waals surface area contributed by atoms with Crippen LogP contribution < -0.4 is 0 Å². The van der Waals surface area contributed by atoms with Crippen LogP contribution in [0.3, 0.4) is 0 Å². The molecule has 2 N–H and O–H groups in total. The molecule has 7 aromatic rings. The number of nitrogens with one attached hydrogen (secondary N) is 2. The molecule has 0 saturated carbocycles. The number of nitrogens with zero attached hydrogens (tertiary/aromatic N) is 3. The predicted molar refractivity (Wildman–Crippen MR) is 170 cm³/mol. The average Bonchev–Trinajstić information content (AvgIpc) is 3.41. The Hall–Kier alpha value is -5.33. The second kappa shape index (κ2) is 9.11. The third-order valence-electron chi connectivity index (χ3n) is 7.57. The molecule has 0 aliphatic heterocycles. The van der Waals surface area contributed by atoms with Crippen molar-refractivity contribution in [3.8, 4) is 34.2 Å². The molecule has 0 atom stereocenters. The SMILES string of the molecule is N=C1C=Cc2ccc3ccc(-c4nc(-c5ccccc5)nc(-c5cccc6sc7ccccc7c56)n4)cc3c2C1=N. The topological polar surface area (TPSA) is 86.4 Å². The molecule has 5 aromatic carbocycles. The van der Waals surface area contributed by atoms with E-state index in [2.05, 4.69) is 48.5 Å². The fraction of sp³-hybridized carbons (Fsp3) is 0. The summed E-state index contributed by atoms with van der Waals surface area (Å²) in [5.74, 6) is 1.79. The van der Waals surface area contributed by atoms with Gasteiger partial charge >= 0.3 is 0 Å². The lowest BCUT2D eigenvalue weighted by Crippen LogP contribution is -2.16. The maximum atomic E-state index is 8.64. The summed E-state index contributed by atoms with van der Waals surface area (Å²) in [6.45, 7) is 0. The molecule has 0 amide bonds. The number of thiophene rings is 1. The van der Waals surface area contributed by atoms with Crippen LogP contribution in [0.2, 0.25) is 0 Å². The van der Waals surface area contributed by atoms with Crippen molar-refractivity contribution in [2.24, 2.45) is 0 Å². The highest BCUT2D eigenvalue weighted by Crippen LogP contribution is 2.40. The van der Waals surface area contributed by atoms with Gasteiger partial charge < -0.3 is 0 Å². The Morgan fingerprint density at radius 1 is 0.561 bits per heavy atom. The van der Waals surface area contributed by atoms with Crippen LogP contribution in [-0.4, -0.2) is 26.4 Å². The van der Waals surface area contributed by atoms with E-state index in [9.17, 15) is 0 Å². The maximum Gasteiger partial charge on any atom is 0.164 e. The molecule has 41 heavy (non-hydrogen) atoms. The van der Waals surface area contributed by atoms with Gasteiger partial charge in [0.1, 0.15) is 0 Å². The molecule has 0 unspecified atom stereocenters. The molecule has 8 rings (SSSR count). The van der Waals surface area contributed by atoms with Gasteiger partial charge in [0.15, 0.2) is 17.5 Å². The Labute approximate surface area is 239 Å². The Bertz CT molecular complexity index is 2250. The number of aromatic nitrogens is 3. The van der Waals surface area contributed by atoms with Crippen molar-refractivity contribution < 1.29 is 0 Å². The number of fused-ring (bicyclic) bond motifs is 6. The zero-order valence-electron chi connectivity index (χ0n) is 21.7. The van der Waals surface area contributed by atoms with Gasteiger partial charge in [0.25, 0.3) is 0 Å². The average molecular weight is 544 g/mol. The van der Waals surface area contributed by atoms with E-state index in [1.165, 1.54) is 14.8 Å². The van der Waals surface area contributed by atoms with Crippen LogP contribution in [0, 0.1) is 10.8 Å². The lowest BCUT2D eigenvalue weighted by atomic mass is 9.88. The lowest BCUT2D eigenvalue weighted by Gasteiger charge is -2.16. The van der Waals surface area contributed by atoms with Crippen molar-refractivity contribution in [3.05, 3.63) is 120 Å². The third kappa shape index (κ3) is 3.80. The normalized spacial score (nSPS) is 12.9. The molecule has 0 bridgehead atoms. The number of benzene rings is 5. The third-order valence-corrected chi connectivity index (χ3v) is 8.71. The van der Waals surface area contributed by atoms with Gasteiger partial charge in [0.05, 0.1) is 11.4 Å². The summed E-state index contributed by atoms with van der Waals surface area (Å²) in [5, 5.41) is 21.1. The van der Waals surface area contributed by atoms with Gasteiger partial charge in [-0.1, -0.05) is 91.0 Å². The summed E-state index contributed by atoms with van der Waals surface area (Å²) < 4.78 is 2.42. The molecule has 2 heterocycles. The molecule has 0 spiro atoms. The monoisotopic (exact) mass is 543 g/mol. The standard InChI is InChI=1S/C35H21N5S/c36-27-18-17-21-15-13-20-14-16-23(19-26(20)30(21)32(27)37)34-38-33(22-7-2-1-3-8-22)39-35(40-34)25-10-6-12-29-31(25)24-9-4-5-11-28(24)41-29/h1-19,36-37H. The molecule has 5 nitrogen and oxygen atoms in total. The lowest BCUT2D eigenvalue weighted by molar-refractivity contribution is 1.08. The Morgan fingerprint density at radius 2 is 1.29 bits per heavy atom.